The molecule has 0 aliphatic heterocycles. The summed E-state index contributed by atoms with van der Waals surface area (Å²) in [5, 5.41) is 12.3. The van der Waals surface area contributed by atoms with Crippen LogP contribution in [0, 0.1) is 6.92 Å². The molecule has 30 heavy (non-hydrogen) atoms. The molecule has 0 atom stereocenters. The van der Waals surface area contributed by atoms with Crippen molar-refractivity contribution < 1.29 is 23.2 Å². The summed E-state index contributed by atoms with van der Waals surface area (Å²) in [4.78, 5) is 20.7. The van der Waals surface area contributed by atoms with Crippen LogP contribution in [-0.4, -0.2) is 25.5 Å². The first kappa shape index (κ1) is 19.9. The van der Waals surface area contributed by atoms with Crippen molar-refractivity contribution in [3.8, 4) is 10.6 Å². The number of aryl methyl sites for hydroxylation is 1. The maximum absolute atomic E-state index is 13.0. The number of hydroxylamine groups is 1. The Kier molecular flexibility index (Phi) is 4.92. The third-order valence-electron chi connectivity index (χ3n) is 4.37. The van der Waals surface area contributed by atoms with E-state index in [1.54, 1.807) is 35.1 Å². The van der Waals surface area contributed by atoms with Gasteiger partial charge in [-0.25, -0.2) is 15.4 Å². The van der Waals surface area contributed by atoms with Gasteiger partial charge in [-0.15, -0.1) is 0 Å². The molecule has 0 bridgehead atoms. The largest absolute Gasteiger partial charge is 0.416 e. The molecule has 0 saturated heterocycles. The van der Waals surface area contributed by atoms with Gasteiger partial charge in [0.1, 0.15) is 5.65 Å². The van der Waals surface area contributed by atoms with Crippen LogP contribution >= 0.6 is 11.3 Å². The Hall–Kier alpha value is -3.44. The first-order valence-electron chi connectivity index (χ1n) is 8.60. The van der Waals surface area contributed by atoms with Crippen LogP contribution in [0.3, 0.4) is 0 Å². The molecule has 0 fully saturated rings. The lowest BCUT2D eigenvalue weighted by molar-refractivity contribution is -0.137. The molecule has 0 radical (unpaired) electrons. The second-order valence-electron chi connectivity index (χ2n) is 6.36. The highest BCUT2D eigenvalue weighted by Gasteiger charge is 2.31. The Morgan fingerprint density at radius 1 is 1.20 bits per heavy atom. The summed E-state index contributed by atoms with van der Waals surface area (Å²) in [7, 11) is 0. The molecule has 3 aromatic heterocycles. The number of hydrogen-bond acceptors (Lipinski definition) is 6. The summed E-state index contributed by atoms with van der Waals surface area (Å²) in [6, 6.07) is 8.42. The van der Waals surface area contributed by atoms with Crippen LogP contribution in [0.5, 0.6) is 0 Å². The van der Waals surface area contributed by atoms with E-state index in [1.807, 2.05) is 0 Å². The maximum Gasteiger partial charge on any atom is 0.416 e. The van der Waals surface area contributed by atoms with Gasteiger partial charge >= 0.3 is 6.18 Å². The molecule has 11 heteroatoms. The molecular formula is C19H14F3N5O2S. The lowest BCUT2D eigenvalue weighted by atomic mass is 10.2. The predicted octanol–water partition coefficient (Wildman–Crippen LogP) is 4.65. The van der Waals surface area contributed by atoms with E-state index in [0.717, 1.165) is 17.0 Å². The van der Waals surface area contributed by atoms with Gasteiger partial charge in [0, 0.05) is 23.6 Å². The predicted molar refractivity (Wildman–Crippen MR) is 105 cm³/mol. The number of carbonyl (C=O) groups is 1. The number of pyridine rings is 1. The topological polar surface area (TPSA) is 91.5 Å². The van der Waals surface area contributed by atoms with Crippen molar-refractivity contribution >= 4 is 33.7 Å². The summed E-state index contributed by atoms with van der Waals surface area (Å²) in [6.45, 7) is 1.73. The number of amides is 1. The Morgan fingerprint density at radius 3 is 2.60 bits per heavy atom. The van der Waals surface area contributed by atoms with E-state index in [-0.39, 0.29) is 5.65 Å². The van der Waals surface area contributed by atoms with E-state index in [0.29, 0.717) is 27.8 Å². The van der Waals surface area contributed by atoms with Gasteiger partial charge in [0.05, 0.1) is 21.8 Å². The van der Waals surface area contributed by atoms with Crippen molar-refractivity contribution in [2.24, 2.45) is 0 Å². The molecule has 0 aliphatic carbocycles. The number of hydrogen-bond donors (Lipinski definition) is 3. The third kappa shape index (κ3) is 3.72. The minimum absolute atomic E-state index is 0.206. The highest BCUT2D eigenvalue weighted by atomic mass is 32.1. The van der Waals surface area contributed by atoms with Crippen molar-refractivity contribution in [2.45, 2.75) is 13.1 Å². The van der Waals surface area contributed by atoms with Crippen molar-refractivity contribution in [1.82, 2.24) is 19.8 Å². The van der Waals surface area contributed by atoms with Crippen molar-refractivity contribution in [3.05, 3.63) is 65.6 Å². The van der Waals surface area contributed by atoms with E-state index in [9.17, 15) is 18.0 Å². The minimum Gasteiger partial charge on any atom is -0.332 e. The normalized spacial score (nSPS) is 11.6. The molecule has 0 saturated carbocycles. The van der Waals surface area contributed by atoms with Crippen molar-refractivity contribution in [1.29, 1.82) is 0 Å². The molecule has 154 valence electrons. The quantitative estimate of drug-likeness (QED) is 0.322. The fourth-order valence-corrected chi connectivity index (χ4v) is 3.90. The van der Waals surface area contributed by atoms with Crippen LogP contribution in [0.1, 0.15) is 21.6 Å². The fraction of sp³-hybridized carbons (Fsp3) is 0.105. The number of imidazole rings is 1. The molecule has 1 amide bonds. The van der Waals surface area contributed by atoms with Gasteiger partial charge in [-0.1, -0.05) is 11.3 Å². The van der Waals surface area contributed by atoms with Crippen molar-refractivity contribution in [3.63, 3.8) is 0 Å². The number of nitrogens with zero attached hydrogens (tertiary/aromatic N) is 3. The lowest BCUT2D eigenvalue weighted by Gasteiger charge is -2.07. The van der Waals surface area contributed by atoms with E-state index >= 15 is 0 Å². The van der Waals surface area contributed by atoms with Crippen LogP contribution in [-0.2, 0) is 6.18 Å². The van der Waals surface area contributed by atoms with E-state index in [1.165, 1.54) is 29.7 Å². The van der Waals surface area contributed by atoms with Gasteiger partial charge in [0.15, 0.2) is 5.13 Å². The molecule has 0 aliphatic rings. The first-order valence-corrected chi connectivity index (χ1v) is 9.41. The number of halogens is 3. The monoisotopic (exact) mass is 433 g/mol. The van der Waals surface area contributed by atoms with E-state index in [2.05, 4.69) is 15.3 Å². The van der Waals surface area contributed by atoms with Crippen LogP contribution in [0.2, 0.25) is 0 Å². The number of anilines is 2. The molecule has 4 rings (SSSR count). The van der Waals surface area contributed by atoms with Gasteiger partial charge < -0.3 is 5.32 Å². The highest BCUT2D eigenvalue weighted by Crippen LogP contribution is 2.35. The molecule has 0 spiro atoms. The molecule has 3 N–H and O–H groups in total. The summed E-state index contributed by atoms with van der Waals surface area (Å²) >= 11 is 1.31. The SMILES string of the molecule is Cc1nc2cc(C(F)(F)F)ccn2c1-c1cnc(Nc2ccc(C(=O)NO)cc2)s1. The number of fused-ring (bicyclic) bond motifs is 1. The minimum atomic E-state index is -4.43. The number of aromatic nitrogens is 3. The second kappa shape index (κ2) is 7.43. The number of carbonyl (C=O) groups excluding carboxylic acids is 1. The number of thiazole rings is 1. The molecular weight excluding hydrogens is 419 g/mol. The zero-order chi connectivity index (χ0) is 21.5. The molecule has 0 unspecified atom stereocenters. The highest BCUT2D eigenvalue weighted by molar-refractivity contribution is 7.18. The van der Waals surface area contributed by atoms with Crippen LogP contribution < -0.4 is 10.8 Å². The summed E-state index contributed by atoms with van der Waals surface area (Å²) in [6.07, 6.45) is -1.46. The van der Waals surface area contributed by atoms with E-state index in [4.69, 9.17) is 5.21 Å². The first-order chi connectivity index (χ1) is 14.3. The molecule has 4 aromatic rings. The zero-order valence-electron chi connectivity index (χ0n) is 15.4. The van der Waals surface area contributed by atoms with Crippen LogP contribution in [0.25, 0.3) is 16.2 Å². The molecule has 1 aromatic carbocycles. The van der Waals surface area contributed by atoms with Gasteiger partial charge in [-0.2, -0.15) is 13.2 Å². The number of benzene rings is 1. The number of nitrogens with one attached hydrogen (secondary N) is 2. The molecule has 3 heterocycles. The second-order valence-corrected chi connectivity index (χ2v) is 7.39. The number of alkyl halides is 3. The van der Waals surface area contributed by atoms with E-state index < -0.39 is 17.6 Å². The van der Waals surface area contributed by atoms with Gasteiger partial charge in [-0.05, 0) is 43.3 Å². The van der Waals surface area contributed by atoms with Gasteiger partial charge in [0.2, 0.25) is 0 Å². The Labute approximate surface area is 171 Å². The smallest absolute Gasteiger partial charge is 0.332 e. The van der Waals surface area contributed by atoms with Gasteiger partial charge in [0.25, 0.3) is 5.91 Å². The Bertz CT molecular complexity index is 1230. The van der Waals surface area contributed by atoms with Gasteiger partial charge in [-0.3, -0.25) is 14.4 Å². The standard InChI is InChI=1S/C19H14F3N5O2S/c1-10-16(27-7-6-12(19(20,21)22)8-15(27)24-10)14-9-23-18(30-14)25-13-4-2-11(3-5-13)17(28)26-29/h2-9,29H,1H3,(H,23,25)(H,26,28). The summed E-state index contributed by atoms with van der Waals surface area (Å²) in [5.74, 6) is -0.616. The zero-order valence-corrected chi connectivity index (χ0v) is 16.2. The number of rotatable bonds is 4. The molecule has 7 nitrogen and oxygen atoms in total. The third-order valence-corrected chi connectivity index (χ3v) is 5.29. The summed E-state index contributed by atoms with van der Waals surface area (Å²) in [5.41, 5.74) is 3.24. The summed E-state index contributed by atoms with van der Waals surface area (Å²) < 4.78 is 40.5. The maximum atomic E-state index is 13.0. The Balaban J connectivity index is 1.61. The Morgan fingerprint density at radius 2 is 1.93 bits per heavy atom. The van der Waals surface area contributed by atoms with Crippen molar-refractivity contribution in [2.75, 3.05) is 5.32 Å². The van der Waals surface area contributed by atoms with Crippen LogP contribution in [0.4, 0.5) is 24.0 Å². The van der Waals surface area contributed by atoms with Crippen LogP contribution in [0.15, 0.2) is 48.8 Å². The fourth-order valence-electron chi connectivity index (χ4n) is 2.97. The average Bonchev–Trinajstić information content (AvgIpc) is 3.29. The lowest BCUT2D eigenvalue weighted by Crippen LogP contribution is -2.18. The average molecular weight is 433 g/mol.